The highest BCUT2D eigenvalue weighted by molar-refractivity contribution is 5.94. The van der Waals surface area contributed by atoms with Crippen molar-refractivity contribution in [1.82, 2.24) is 10.9 Å². The van der Waals surface area contributed by atoms with Crippen molar-refractivity contribution in [3.8, 4) is 0 Å². The van der Waals surface area contributed by atoms with E-state index in [4.69, 9.17) is 0 Å². The molecule has 0 aliphatic rings. The molecule has 1 aromatic carbocycles. The Morgan fingerprint density at radius 2 is 2.00 bits per heavy atom. The fourth-order valence-electron chi connectivity index (χ4n) is 1.36. The number of benzene rings is 1. The van der Waals surface area contributed by atoms with E-state index in [0.717, 1.165) is 24.9 Å². The van der Waals surface area contributed by atoms with Gasteiger partial charge in [0.2, 0.25) is 0 Å². The van der Waals surface area contributed by atoms with Crippen molar-refractivity contribution in [1.29, 1.82) is 0 Å². The fraction of sp³-hybridized carbons (Fsp3) is 0.462. The van der Waals surface area contributed by atoms with E-state index in [1.54, 1.807) is 0 Å². The zero-order valence-corrected chi connectivity index (χ0v) is 10.3. The number of hydrogen-bond acceptors (Lipinski definition) is 2. The first kappa shape index (κ1) is 12.7. The minimum atomic E-state index is -0.0702. The number of carbonyl (C=O) groups is 1. The molecule has 2 N–H and O–H groups in total. The Hall–Kier alpha value is -1.35. The Bertz CT molecular complexity index is 361. The molecular formula is C13H20N2O. The fourth-order valence-corrected chi connectivity index (χ4v) is 1.36. The molecule has 0 radical (unpaired) electrons. The van der Waals surface area contributed by atoms with E-state index in [-0.39, 0.29) is 5.91 Å². The molecule has 88 valence electrons. The monoisotopic (exact) mass is 220 g/mol. The Morgan fingerprint density at radius 1 is 1.25 bits per heavy atom. The molecule has 0 bridgehead atoms. The Labute approximate surface area is 97.2 Å². The standard InChI is InChI=1S/C13H20N2O/c1-4-5-8-14-15-13(16)12-7-6-10(2)11(3)9-12/h6-7,9,14H,4-5,8H2,1-3H3,(H,15,16). The van der Waals surface area contributed by atoms with Gasteiger partial charge >= 0.3 is 0 Å². The number of hydrazine groups is 1. The SMILES string of the molecule is CCCCNNC(=O)c1ccc(C)c(C)c1. The first-order valence-electron chi connectivity index (χ1n) is 5.75. The molecule has 0 fully saturated rings. The highest BCUT2D eigenvalue weighted by Crippen LogP contribution is 2.09. The Balaban J connectivity index is 2.50. The third-order valence-corrected chi connectivity index (χ3v) is 2.63. The first-order chi connectivity index (χ1) is 7.65. The van der Waals surface area contributed by atoms with E-state index in [0.29, 0.717) is 5.56 Å². The number of amides is 1. The van der Waals surface area contributed by atoms with Crippen molar-refractivity contribution in [2.24, 2.45) is 0 Å². The molecule has 3 nitrogen and oxygen atoms in total. The highest BCUT2D eigenvalue weighted by Gasteiger charge is 2.05. The molecule has 1 aromatic rings. The molecule has 1 amide bonds. The maximum Gasteiger partial charge on any atom is 0.265 e. The van der Waals surface area contributed by atoms with Crippen molar-refractivity contribution in [3.63, 3.8) is 0 Å². The van der Waals surface area contributed by atoms with Gasteiger partial charge < -0.3 is 0 Å². The number of rotatable bonds is 5. The van der Waals surface area contributed by atoms with Crippen molar-refractivity contribution < 1.29 is 4.79 Å². The highest BCUT2D eigenvalue weighted by atomic mass is 16.2. The maximum absolute atomic E-state index is 11.7. The molecule has 0 saturated heterocycles. The minimum Gasteiger partial charge on any atom is -0.287 e. The van der Waals surface area contributed by atoms with Gasteiger partial charge in [0, 0.05) is 12.1 Å². The number of nitrogens with one attached hydrogen (secondary N) is 2. The molecule has 1 rings (SSSR count). The van der Waals surface area contributed by atoms with Crippen LogP contribution >= 0.6 is 0 Å². The molecule has 0 unspecified atom stereocenters. The summed E-state index contributed by atoms with van der Waals surface area (Å²) in [6.45, 7) is 6.98. The summed E-state index contributed by atoms with van der Waals surface area (Å²) in [6.07, 6.45) is 2.18. The van der Waals surface area contributed by atoms with Gasteiger partial charge in [0.05, 0.1) is 0 Å². The van der Waals surface area contributed by atoms with Gasteiger partial charge in [-0.05, 0) is 43.5 Å². The smallest absolute Gasteiger partial charge is 0.265 e. The van der Waals surface area contributed by atoms with E-state index < -0.39 is 0 Å². The maximum atomic E-state index is 11.7. The minimum absolute atomic E-state index is 0.0702. The van der Waals surface area contributed by atoms with Crippen molar-refractivity contribution >= 4 is 5.91 Å². The van der Waals surface area contributed by atoms with Crippen LogP contribution in [0.4, 0.5) is 0 Å². The van der Waals surface area contributed by atoms with Crippen LogP contribution in [0.5, 0.6) is 0 Å². The normalized spacial score (nSPS) is 10.2. The largest absolute Gasteiger partial charge is 0.287 e. The van der Waals surface area contributed by atoms with Gasteiger partial charge in [-0.15, -0.1) is 0 Å². The average Bonchev–Trinajstić information content (AvgIpc) is 2.28. The molecule has 3 heteroatoms. The van der Waals surface area contributed by atoms with Gasteiger partial charge in [-0.1, -0.05) is 19.4 Å². The summed E-state index contributed by atoms with van der Waals surface area (Å²) in [5.74, 6) is -0.0702. The number of hydrogen-bond donors (Lipinski definition) is 2. The molecule has 0 spiro atoms. The van der Waals surface area contributed by atoms with E-state index >= 15 is 0 Å². The molecule has 0 saturated carbocycles. The lowest BCUT2D eigenvalue weighted by Gasteiger charge is -2.08. The summed E-state index contributed by atoms with van der Waals surface area (Å²) in [4.78, 5) is 11.7. The third kappa shape index (κ3) is 3.66. The molecule has 16 heavy (non-hydrogen) atoms. The number of unbranched alkanes of at least 4 members (excludes halogenated alkanes) is 1. The van der Waals surface area contributed by atoms with Gasteiger partial charge in [0.1, 0.15) is 0 Å². The van der Waals surface area contributed by atoms with E-state index in [2.05, 4.69) is 17.8 Å². The van der Waals surface area contributed by atoms with Crippen molar-refractivity contribution in [2.45, 2.75) is 33.6 Å². The molecule has 0 aromatic heterocycles. The van der Waals surface area contributed by atoms with Gasteiger partial charge in [-0.25, -0.2) is 5.43 Å². The van der Waals surface area contributed by atoms with Crippen LogP contribution in [-0.2, 0) is 0 Å². The first-order valence-corrected chi connectivity index (χ1v) is 5.75. The Kier molecular flexibility index (Phi) is 4.99. The lowest BCUT2D eigenvalue weighted by Crippen LogP contribution is -2.37. The predicted octanol–water partition coefficient (Wildman–Crippen LogP) is 2.34. The van der Waals surface area contributed by atoms with Crippen LogP contribution in [-0.4, -0.2) is 12.5 Å². The molecule has 0 aliphatic heterocycles. The molecule has 0 aliphatic carbocycles. The predicted molar refractivity (Wildman–Crippen MR) is 66.3 cm³/mol. The second-order valence-corrected chi connectivity index (χ2v) is 4.03. The van der Waals surface area contributed by atoms with Crippen LogP contribution < -0.4 is 10.9 Å². The number of carbonyl (C=O) groups excluding carboxylic acids is 1. The summed E-state index contributed by atoms with van der Waals surface area (Å²) < 4.78 is 0. The third-order valence-electron chi connectivity index (χ3n) is 2.63. The molecular weight excluding hydrogens is 200 g/mol. The van der Waals surface area contributed by atoms with Crippen LogP contribution in [0, 0.1) is 13.8 Å². The summed E-state index contributed by atoms with van der Waals surface area (Å²) >= 11 is 0. The second kappa shape index (κ2) is 6.28. The van der Waals surface area contributed by atoms with Crippen molar-refractivity contribution in [2.75, 3.05) is 6.54 Å². The van der Waals surface area contributed by atoms with Crippen molar-refractivity contribution in [3.05, 3.63) is 34.9 Å². The summed E-state index contributed by atoms with van der Waals surface area (Å²) in [7, 11) is 0. The second-order valence-electron chi connectivity index (χ2n) is 4.03. The summed E-state index contributed by atoms with van der Waals surface area (Å²) in [5.41, 5.74) is 8.66. The van der Waals surface area contributed by atoms with Crippen LogP contribution in [0.2, 0.25) is 0 Å². The topological polar surface area (TPSA) is 41.1 Å². The van der Waals surface area contributed by atoms with Gasteiger partial charge in [-0.3, -0.25) is 10.2 Å². The Morgan fingerprint density at radius 3 is 2.62 bits per heavy atom. The van der Waals surface area contributed by atoms with Crippen LogP contribution in [0.1, 0.15) is 41.3 Å². The summed E-state index contributed by atoms with van der Waals surface area (Å²) in [6, 6.07) is 5.72. The summed E-state index contributed by atoms with van der Waals surface area (Å²) in [5, 5.41) is 0. The van der Waals surface area contributed by atoms with Gasteiger partial charge in [0.15, 0.2) is 0 Å². The van der Waals surface area contributed by atoms with Gasteiger partial charge in [0.25, 0.3) is 5.91 Å². The van der Waals surface area contributed by atoms with E-state index in [9.17, 15) is 4.79 Å². The van der Waals surface area contributed by atoms with Crippen LogP contribution in [0.25, 0.3) is 0 Å². The molecule has 0 heterocycles. The van der Waals surface area contributed by atoms with E-state index in [1.165, 1.54) is 5.56 Å². The van der Waals surface area contributed by atoms with Crippen LogP contribution in [0.15, 0.2) is 18.2 Å². The lowest BCUT2D eigenvalue weighted by atomic mass is 10.1. The van der Waals surface area contributed by atoms with Gasteiger partial charge in [-0.2, -0.15) is 0 Å². The quantitative estimate of drug-likeness (QED) is 0.590. The zero-order valence-electron chi connectivity index (χ0n) is 10.3. The van der Waals surface area contributed by atoms with E-state index in [1.807, 2.05) is 32.0 Å². The number of aryl methyl sites for hydroxylation is 2. The zero-order chi connectivity index (χ0) is 12.0. The molecule has 0 atom stereocenters. The average molecular weight is 220 g/mol. The van der Waals surface area contributed by atoms with Crippen LogP contribution in [0.3, 0.4) is 0 Å². The lowest BCUT2D eigenvalue weighted by molar-refractivity contribution is 0.0933.